The quantitative estimate of drug-likeness (QED) is 0.404. The number of benzene rings is 1. The van der Waals surface area contributed by atoms with Crippen molar-refractivity contribution >= 4 is 49.5 Å². The number of hydrogen-bond donors (Lipinski definition) is 3. The van der Waals surface area contributed by atoms with Gasteiger partial charge in [0.25, 0.3) is 0 Å². The highest BCUT2D eigenvalue weighted by atomic mass is 79.9. The molecule has 0 saturated heterocycles. The molecule has 10 heteroatoms. The minimum absolute atomic E-state index is 0.173. The van der Waals surface area contributed by atoms with Gasteiger partial charge in [-0.15, -0.1) is 0 Å². The van der Waals surface area contributed by atoms with E-state index in [0.717, 1.165) is 9.86 Å². The maximum atomic E-state index is 15.0. The van der Waals surface area contributed by atoms with Gasteiger partial charge in [-0.25, -0.2) is 19.3 Å². The van der Waals surface area contributed by atoms with E-state index >= 15 is 4.39 Å². The van der Waals surface area contributed by atoms with Crippen molar-refractivity contribution in [1.29, 1.82) is 0 Å². The Kier molecular flexibility index (Phi) is 4.90. The van der Waals surface area contributed by atoms with Crippen LogP contribution in [0.2, 0.25) is 0 Å². The summed E-state index contributed by atoms with van der Waals surface area (Å²) in [4.78, 5) is 12.5. The summed E-state index contributed by atoms with van der Waals surface area (Å²) in [6, 6.07) is 8.56. The van der Waals surface area contributed by atoms with Gasteiger partial charge in [-0.2, -0.15) is 0 Å². The average Bonchev–Trinajstić information content (AvgIpc) is 3.30. The zero-order valence-corrected chi connectivity index (χ0v) is 17.9. The van der Waals surface area contributed by atoms with E-state index < -0.39 is 18.3 Å². The van der Waals surface area contributed by atoms with Crippen LogP contribution in [0, 0.1) is 5.92 Å². The summed E-state index contributed by atoms with van der Waals surface area (Å²) < 4.78 is 23.3. The molecule has 1 saturated carbocycles. The summed E-state index contributed by atoms with van der Waals surface area (Å²) in [5.74, 6) is 0.938. The van der Waals surface area contributed by atoms with E-state index in [4.69, 9.17) is 16.2 Å². The molecule has 4 aromatic rings. The molecule has 0 radical (unpaired) electrons. The number of anilines is 2. The lowest BCUT2D eigenvalue weighted by Crippen LogP contribution is -2.28. The van der Waals surface area contributed by atoms with Gasteiger partial charge in [0.05, 0.1) is 34.1 Å². The van der Waals surface area contributed by atoms with Crippen LogP contribution >= 0.6 is 15.9 Å². The zero-order chi connectivity index (χ0) is 21.7. The number of aliphatic hydroxyl groups is 1. The highest BCUT2D eigenvalue weighted by molar-refractivity contribution is 9.10. The van der Waals surface area contributed by atoms with Crippen LogP contribution in [0.4, 0.5) is 16.0 Å². The third-order valence-corrected chi connectivity index (χ3v) is 6.49. The first-order valence-electron chi connectivity index (χ1n) is 9.80. The second-order valence-electron chi connectivity index (χ2n) is 7.74. The van der Waals surface area contributed by atoms with E-state index in [2.05, 4.69) is 30.9 Å². The largest absolute Gasteiger partial charge is 0.493 e. The molecular formula is C21H20BrFN6O2. The Bertz CT molecular complexity index is 1280. The van der Waals surface area contributed by atoms with Crippen molar-refractivity contribution in [2.75, 3.05) is 18.1 Å². The van der Waals surface area contributed by atoms with E-state index in [1.165, 1.54) is 6.33 Å². The van der Waals surface area contributed by atoms with Crippen LogP contribution in [0.5, 0.6) is 5.75 Å². The Morgan fingerprint density at radius 1 is 1.19 bits per heavy atom. The number of alkyl halides is 1. The number of ether oxygens (including phenoxy) is 1. The first-order valence-corrected chi connectivity index (χ1v) is 10.6. The number of rotatable bonds is 4. The fraction of sp³-hybridized carbons (Fsp3) is 0.286. The van der Waals surface area contributed by atoms with Crippen LogP contribution in [0.3, 0.4) is 0 Å². The van der Waals surface area contributed by atoms with Gasteiger partial charge in [-0.3, -0.25) is 0 Å². The van der Waals surface area contributed by atoms with E-state index in [1.54, 1.807) is 22.9 Å². The van der Waals surface area contributed by atoms with Gasteiger partial charge in [0.1, 0.15) is 35.5 Å². The summed E-state index contributed by atoms with van der Waals surface area (Å²) in [7, 11) is 0. The topological polar surface area (TPSA) is 125 Å². The molecule has 1 fully saturated rings. The molecule has 0 bridgehead atoms. The van der Waals surface area contributed by atoms with Crippen molar-refractivity contribution in [1.82, 2.24) is 19.5 Å². The molecule has 3 aromatic heterocycles. The molecule has 0 aliphatic heterocycles. The number of nitrogens with zero attached hydrogens (tertiary/aromatic N) is 4. The van der Waals surface area contributed by atoms with Gasteiger partial charge >= 0.3 is 0 Å². The van der Waals surface area contributed by atoms with Gasteiger partial charge in [0.2, 0.25) is 0 Å². The number of aromatic nitrogens is 4. The fourth-order valence-electron chi connectivity index (χ4n) is 4.19. The van der Waals surface area contributed by atoms with Gasteiger partial charge < -0.3 is 25.9 Å². The molecular weight excluding hydrogens is 467 g/mol. The summed E-state index contributed by atoms with van der Waals surface area (Å²) in [6.45, 7) is 0.173. The molecule has 5 N–H and O–H groups in total. The molecule has 1 aliphatic carbocycles. The Hall–Kier alpha value is -2.98. The predicted octanol–water partition coefficient (Wildman–Crippen LogP) is 3.25. The van der Waals surface area contributed by atoms with Crippen molar-refractivity contribution in [3.63, 3.8) is 0 Å². The highest BCUT2D eigenvalue weighted by Gasteiger charge is 2.44. The normalized spacial score (nSPS) is 23.6. The number of aliphatic hydroxyl groups excluding tert-OH is 1. The number of hydrogen-bond acceptors (Lipinski definition) is 7. The smallest absolute Gasteiger partial charge is 0.147 e. The van der Waals surface area contributed by atoms with Crippen LogP contribution in [0.1, 0.15) is 12.5 Å². The van der Waals surface area contributed by atoms with E-state index in [1.807, 2.05) is 18.2 Å². The number of pyridine rings is 1. The number of fused-ring (bicyclic) bond motifs is 2. The summed E-state index contributed by atoms with van der Waals surface area (Å²) in [5, 5.41) is 12.1. The second kappa shape index (κ2) is 7.61. The van der Waals surface area contributed by atoms with E-state index in [9.17, 15) is 5.11 Å². The molecule has 8 nitrogen and oxygen atoms in total. The molecule has 1 aliphatic rings. The lowest BCUT2D eigenvalue weighted by molar-refractivity contribution is 0.0441. The molecule has 160 valence electrons. The summed E-state index contributed by atoms with van der Waals surface area (Å²) >= 11 is 3.36. The van der Waals surface area contributed by atoms with E-state index in [-0.39, 0.29) is 12.5 Å². The molecule has 31 heavy (non-hydrogen) atoms. The third kappa shape index (κ3) is 3.45. The molecule has 0 amide bonds. The van der Waals surface area contributed by atoms with Crippen LogP contribution in [0.25, 0.3) is 21.9 Å². The first-order chi connectivity index (χ1) is 14.9. The standard InChI is InChI=1S/C21H20BrFN6O2/c22-14-5-10-1-2-12(7-15(10)28-20(14)25)31-8-11-6-16(17(23)18(11)30)29-4-3-13-19(24)26-9-27-21(13)29/h1-5,7,9,11,16-18,30H,6,8H2,(H2,25,28)(H2,24,26,27)/t11-,16-,17+,18-/m1/s1. The lowest BCUT2D eigenvalue weighted by Gasteiger charge is -2.17. The van der Waals surface area contributed by atoms with E-state index in [0.29, 0.717) is 40.4 Å². The van der Waals surface area contributed by atoms with Crippen molar-refractivity contribution in [2.24, 2.45) is 5.92 Å². The molecule has 3 heterocycles. The lowest BCUT2D eigenvalue weighted by atomic mass is 10.1. The minimum Gasteiger partial charge on any atom is -0.493 e. The molecule has 1 aromatic carbocycles. The van der Waals surface area contributed by atoms with Gasteiger partial charge in [0.15, 0.2) is 0 Å². The van der Waals surface area contributed by atoms with Crippen LogP contribution < -0.4 is 16.2 Å². The first kappa shape index (κ1) is 20.0. The number of nitrogens with two attached hydrogens (primary N) is 2. The van der Waals surface area contributed by atoms with Crippen molar-refractivity contribution in [3.8, 4) is 5.75 Å². The van der Waals surface area contributed by atoms with Gasteiger partial charge in [-0.05, 0) is 46.6 Å². The van der Waals surface area contributed by atoms with Gasteiger partial charge in [-0.1, -0.05) is 0 Å². The molecule has 5 rings (SSSR count). The minimum atomic E-state index is -1.45. The highest BCUT2D eigenvalue weighted by Crippen LogP contribution is 2.40. The van der Waals surface area contributed by atoms with Crippen LogP contribution in [-0.2, 0) is 0 Å². The average molecular weight is 487 g/mol. The SMILES string of the molecule is Nc1nc2cc(OC[C@H]3C[C@@H](n4ccc5c(N)ncnc54)[C@H](F)[C@@H]3O)ccc2cc1Br. The van der Waals surface area contributed by atoms with Crippen molar-refractivity contribution in [3.05, 3.63) is 47.3 Å². The summed E-state index contributed by atoms with van der Waals surface area (Å²) in [6.07, 6.45) is 0.900. The fourth-order valence-corrected chi connectivity index (χ4v) is 4.52. The number of halogens is 2. The molecule has 4 atom stereocenters. The predicted molar refractivity (Wildman–Crippen MR) is 119 cm³/mol. The maximum Gasteiger partial charge on any atom is 0.147 e. The van der Waals surface area contributed by atoms with Gasteiger partial charge in [0, 0.05) is 23.6 Å². The summed E-state index contributed by atoms with van der Waals surface area (Å²) in [5.41, 5.74) is 13.0. The monoisotopic (exact) mass is 486 g/mol. The Balaban J connectivity index is 1.34. The molecule has 0 unspecified atom stereocenters. The van der Waals surface area contributed by atoms with Crippen molar-refractivity contribution in [2.45, 2.75) is 24.7 Å². The van der Waals surface area contributed by atoms with Crippen LogP contribution in [0.15, 0.2) is 47.3 Å². The van der Waals surface area contributed by atoms with Crippen LogP contribution in [-0.4, -0.2) is 43.5 Å². The Morgan fingerprint density at radius 2 is 2.03 bits per heavy atom. The second-order valence-corrected chi connectivity index (χ2v) is 8.59. The number of nitrogen functional groups attached to an aromatic ring is 2. The van der Waals surface area contributed by atoms with Crippen molar-refractivity contribution < 1.29 is 14.2 Å². The maximum absolute atomic E-state index is 15.0. The Labute approximate surface area is 185 Å². The third-order valence-electron chi connectivity index (χ3n) is 5.85. The zero-order valence-electron chi connectivity index (χ0n) is 16.3. The molecule has 0 spiro atoms. The Morgan fingerprint density at radius 3 is 2.87 bits per heavy atom.